The Kier molecular flexibility index (Phi) is 4.27. The standard InChI is InChI=1S/C12H6Br4/c13-8-6-9(14)11(15)12(16)10(8)7-4-2-1-3-5-7/h1-6H. The van der Waals surface area contributed by atoms with Crippen LogP contribution in [0.15, 0.2) is 54.3 Å². The molecule has 0 unspecified atom stereocenters. The highest BCUT2D eigenvalue weighted by Gasteiger charge is 2.13. The first-order chi connectivity index (χ1) is 7.61. The van der Waals surface area contributed by atoms with Crippen molar-refractivity contribution in [3.05, 3.63) is 54.3 Å². The van der Waals surface area contributed by atoms with E-state index >= 15 is 0 Å². The monoisotopic (exact) mass is 466 g/mol. The molecule has 0 atom stereocenters. The van der Waals surface area contributed by atoms with Crippen molar-refractivity contribution in [2.24, 2.45) is 0 Å². The van der Waals surface area contributed by atoms with Crippen LogP contribution in [-0.4, -0.2) is 0 Å². The van der Waals surface area contributed by atoms with Gasteiger partial charge in [0.15, 0.2) is 0 Å². The Balaban J connectivity index is 2.71. The minimum absolute atomic E-state index is 1.02. The zero-order chi connectivity index (χ0) is 11.7. The molecule has 0 radical (unpaired) electrons. The Morgan fingerprint density at radius 1 is 0.688 bits per heavy atom. The highest BCUT2D eigenvalue weighted by molar-refractivity contribution is 9.14. The third kappa shape index (κ3) is 2.45. The first-order valence-electron chi connectivity index (χ1n) is 4.49. The average molecular weight is 470 g/mol. The van der Waals surface area contributed by atoms with E-state index in [1.807, 2.05) is 24.3 Å². The van der Waals surface area contributed by atoms with Crippen LogP contribution < -0.4 is 0 Å². The van der Waals surface area contributed by atoms with Crippen LogP contribution in [0.4, 0.5) is 0 Å². The minimum atomic E-state index is 1.02. The van der Waals surface area contributed by atoms with Gasteiger partial charge in [0.1, 0.15) is 0 Å². The van der Waals surface area contributed by atoms with Crippen LogP contribution in [-0.2, 0) is 0 Å². The zero-order valence-corrected chi connectivity index (χ0v) is 14.3. The minimum Gasteiger partial charge on any atom is -0.0622 e. The molecule has 0 heterocycles. The number of hydrogen-bond donors (Lipinski definition) is 0. The summed E-state index contributed by atoms with van der Waals surface area (Å²) in [5, 5.41) is 0. The predicted molar refractivity (Wildman–Crippen MR) is 82.7 cm³/mol. The van der Waals surface area contributed by atoms with Gasteiger partial charge in [0.25, 0.3) is 0 Å². The maximum Gasteiger partial charge on any atom is 0.0466 e. The van der Waals surface area contributed by atoms with Gasteiger partial charge in [-0.3, -0.25) is 0 Å². The van der Waals surface area contributed by atoms with Crippen molar-refractivity contribution in [3.63, 3.8) is 0 Å². The predicted octanol–water partition coefficient (Wildman–Crippen LogP) is 6.40. The summed E-state index contributed by atoms with van der Waals surface area (Å²) in [6.45, 7) is 0. The number of hydrogen-bond acceptors (Lipinski definition) is 0. The van der Waals surface area contributed by atoms with Gasteiger partial charge in [-0.25, -0.2) is 0 Å². The van der Waals surface area contributed by atoms with Gasteiger partial charge < -0.3 is 0 Å². The Morgan fingerprint density at radius 3 is 1.94 bits per heavy atom. The van der Waals surface area contributed by atoms with E-state index < -0.39 is 0 Å². The molecule has 0 fully saturated rings. The Bertz CT molecular complexity index is 520. The van der Waals surface area contributed by atoms with Crippen LogP contribution in [0.25, 0.3) is 11.1 Å². The lowest BCUT2D eigenvalue weighted by Crippen LogP contribution is -1.84. The van der Waals surface area contributed by atoms with Gasteiger partial charge in [-0.05, 0) is 59.4 Å². The molecule has 16 heavy (non-hydrogen) atoms. The number of benzene rings is 2. The summed E-state index contributed by atoms with van der Waals surface area (Å²) in [5.74, 6) is 0. The third-order valence-corrected chi connectivity index (χ3v) is 6.11. The molecule has 0 saturated carbocycles. The summed E-state index contributed by atoms with van der Waals surface area (Å²) in [6, 6.07) is 12.3. The molecule has 0 aliphatic heterocycles. The summed E-state index contributed by atoms with van der Waals surface area (Å²) in [5.41, 5.74) is 2.32. The second kappa shape index (κ2) is 5.34. The first-order valence-corrected chi connectivity index (χ1v) is 7.67. The van der Waals surface area contributed by atoms with Crippen molar-refractivity contribution in [3.8, 4) is 11.1 Å². The fourth-order valence-corrected chi connectivity index (χ4v) is 4.33. The van der Waals surface area contributed by atoms with Crippen LogP contribution >= 0.6 is 63.7 Å². The Labute approximate surface area is 128 Å². The summed E-state index contributed by atoms with van der Waals surface area (Å²) >= 11 is 14.2. The quantitative estimate of drug-likeness (QED) is 0.335. The van der Waals surface area contributed by atoms with E-state index in [9.17, 15) is 0 Å². The lowest BCUT2D eigenvalue weighted by Gasteiger charge is -2.11. The van der Waals surface area contributed by atoms with Crippen LogP contribution in [0.3, 0.4) is 0 Å². The van der Waals surface area contributed by atoms with Crippen LogP contribution in [0.1, 0.15) is 0 Å². The number of halogens is 4. The molecular formula is C12H6Br4. The molecule has 0 aliphatic carbocycles. The Morgan fingerprint density at radius 2 is 1.31 bits per heavy atom. The molecule has 2 aromatic rings. The SMILES string of the molecule is Brc1cc(Br)c(-c2ccccc2)c(Br)c1Br. The molecule has 4 heteroatoms. The van der Waals surface area contributed by atoms with Crippen molar-refractivity contribution in [2.75, 3.05) is 0 Å². The van der Waals surface area contributed by atoms with Gasteiger partial charge in [0.2, 0.25) is 0 Å². The average Bonchev–Trinajstić information content (AvgIpc) is 2.28. The molecule has 0 amide bonds. The second-order valence-corrected chi connectivity index (χ2v) is 6.50. The van der Waals surface area contributed by atoms with Gasteiger partial charge in [-0.2, -0.15) is 0 Å². The summed E-state index contributed by atoms with van der Waals surface area (Å²) in [7, 11) is 0. The lowest BCUT2D eigenvalue weighted by atomic mass is 10.1. The van der Waals surface area contributed by atoms with Gasteiger partial charge in [0, 0.05) is 23.5 Å². The van der Waals surface area contributed by atoms with Crippen molar-refractivity contribution in [1.29, 1.82) is 0 Å². The fourth-order valence-electron chi connectivity index (χ4n) is 1.44. The van der Waals surface area contributed by atoms with Gasteiger partial charge in [-0.15, -0.1) is 0 Å². The van der Waals surface area contributed by atoms with Crippen LogP contribution in [0.2, 0.25) is 0 Å². The van der Waals surface area contributed by atoms with E-state index in [4.69, 9.17) is 0 Å². The van der Waals surface area contributed by atoms with Crippen LogP contribution in [0, 0.1) is 0 Å². The van der Waals surface area contributed by atoms with Gasteiger partial charge >= 0.3 is 0 Å². The third-order valence-electron chi connectivity index (χ3n) is 2.18. The smallest absolute Gasteiger partial charge is 0.0466 e. The second-order valence-electron chi connectivity index (χ2n) is 3.21. The molecule has 0 nitrogen and oxygen atoms in total. The van der Waals surface area contributed by atoms with Crippen molar-refractivity contribution < 1.29 is 0 Å². The Hall–Kier alpha value is 0.360. The van der Waals surface area contributed by atoms with E-state index in [2.05, 4.69) is 75.9 Å². The van der Waals surface area contributed by atoms with Gasteiger partial charge in [0.05, 0.1) is 0 Å². The molecule has 0 N–H and O–H groups in total. The summed E-state index contributed by atoms with van der Waals surface area (Å²) in [4.78, 5) is 0. The first kappa shape index (κ1) is 12.8. The van der Waals surface area contributed by atoms with E-state index in [1.165, 1.54) is 5.56 Å². The normalized spacial score (nSPS) is 10.5. The molecule has 0 bridgehead atoms. The molecule has 2 rings (SSSR count). The summed E-state index contributed by atoms with van der Waals surface area (Å²) in [6.07, 6.45) is 0. The van der Waals surface area contributed by atoms with Crippen molar-refractivity contribution in [1.82, 2.24) is 0 Å². The molecular weight excluding hydrogens is 464 g/mol. The largest absolute Gasteiger partial charge is 0.0622 e. The van der Waals surface area contributed by atoms with E-state index in [0.29, 0.717) is 0 Å². The van der Waals surface area contributed by atoms with Crippen molar-refractivity contribution in [2.45, 2.75) is 0 Å². The van der Waals surface area contributed by atoms with E-state index in [1.54, 1.807) is 0 Å². The maximum absolute atomic E-state index is 3.61. The maximum atomic E-state index is 3.61. The van der Waals surface area contributed by atoms with Crippen molar-refractivity contribution >= 4 is 63.7 Å². The lowest BCUT2D eigenvalue weighted by molar-refractivity contribution is 1.48. The van der Waals surface area contributed by atoms with E-state index in [0.717, 1.165) is 23.5 Å². The van der Waals surface area contributed by atoms with E-state index in [-0.39, 0.29) is 0 Å². The fraction of sp³-hybridized carbons (Fsp3) is 0. The molecule has 0 saturated heterocycles. The molecule has 0 spiro atoms. The topological polar surface area (TPSA) is 0 Å². The highest BCUT2D eigenvalue weighted by Crippen LogP contribution is 2.43. The summed E-state index contributed by atoms with van der Waals surface area (Å²) < 4.78 is 4.14. The molecule has 0 aliphatic rings. The molecule has 0 aromatic heterocycles. The molecule has 2 aromatic carbocycles. The van der Waals surface area contributed by atoms with Gasteiger partial charge in [-0.1, -0.05) is 46.3 Å². The highest BCUT2D eigenvalue weighted by atomic mass is 79.9. The number of rotatable bonds is 1. The van der Waals surface area contributed by atoms with Crippen LogP contribution in [0.5, 0.6) is 0 Å². The zero-order valence-electron chi connectivity index (χ0n) is 7.98. The molecule has 82 valence electrons.